The Bertz CT molecular complexity index is 174. The van der Waals surface area contributed by atoms with Gasteiger partial charge in [0.2, 0.25) is 0 Å². The van der Waals surface area contributed by atoms with E-state index in [0.717, 1.165) is 25.7 Å². The van der Waals surface area contributed by atoms with Gasteiger partial charge in [0.1, 0.15) is 6.10 Å². The standard InChI is InChI=1S/C10H19NO2/c1-7(12)10(13)8-3-5-9(11-2)6-4-8/h8-11,13H,3-6H2,1-2H3. The Balaban J connectivity index is 2.36. The highest BCUT2D eigenvalue weighted by molar-refractivity contribution is 5.80. The molecule has 1 saturated carbocycles. The highest BCUT2D eigenvalue weighted by Gasteiger charge is 2.27. The summed E-state index contributed by atoms with van der Waals surface area (Å²) in [4.78, 5) is 10.9. The highest BCUT2D eigenvalue weighted by Crippen LogP contribution is 2.27. The van der Waals surface area contributed by atoms with Crippen molar-refractivity contribution in [1.29, 1.82) is 0 Å². The van der Waals surface area contributed by atoms with Gasteiger partial charge in [0.25, 0.3) is 0 Å². The molecule has 0 aromatic rings. The van der Waals surface area contributed by atoms with Crippen LogP contribution in [-0.2, 0) is 4.79 Å². The molecule has 1 fully saturated rings. The molecule has 0 aliphatic heterocycles. The normalized spacial score (nSPS) is 31.3. The van der Waals surface area contributed by atoms with Crippen molar-refractivity contribution in [3.8, 4) is 0 Å². The Labute approximate surface area is 79.5 Å². The molecule has 3 heteroatoms. The van der Waals surface area contributed by atoms with Gasteiger partial charge in [-0.25, -0.2) is 0 Å². The average molecular weight is 185 g/mol. The Morgan fingerprint density at radius 3 is 2.31 bits per heavy atom. The van der Waals surface area contributed by atoms with Gasteiger partial charge in [0.05, 0.1) is 0 Å². The van der Waals surface area contributed by atoms with Gasteiger partial charge in [0.15, 0.2) is 5.78 Å². The van der Waals surface area contributed by atoms with E-state index in [1.807, 2.05) is 7.05 Å². The molecule has 1 atom stereocenters. The van der Waals surface area contributed by atoms with Crippen LogP contribution in [0.3, 0.4) is 0 Å². The van der Waals surface area contributed by atoms with Crippen molar-refractivity contribution in [3.63, 3.8) is 0 Å². The third-order valence-electron chi connectivity index (χ3n) is 3.04. The molecular weight excluding hydrogens is 166 g/mol. The van der Waals surface area contributed by atoms with Gasteiger partial charge in [-0.2, -0.15) is 0 Å². The number of carbonyl (C=O) groups excluding carboxylic acids is 1. The number of hydrogen-bond acceptors (Lipinski definition) is 3. The van der Waals surface area contributed by atoms with Crippen molar-refractivity contribution in [3.05, 3.63) is 0 Å². The quantitative estimate of drug-likeness (QED) is 0.681. The molecule has 0 saturated heterocycles. The lowest BCUT2D eigenvalue weighted by Crippen LogP contribution is -2.36. The lowest BCUT2D eigenvalue weighted by Gasteiger charge is -2.30. The first-order valence-electron chi connectivity index (χ1n) is 5.01. The van der Waals surface area contributed by atoms with Crippen molar-refractivity contribution in [2.75, 3.05) is 7.05 Å². The minimum Gasteiger partial charge on any atom is -0.385 e. The number of nitrogens with one attached hydrogen (secondary N) is 1. The Kier molecular flexibility index (Phi) is 3.88. The molecule has 1 aliphatic carbocycles. The van der Waals surface area contributed by atoms with Gasteiger partial charge >= 0.3 is 0 Å². The molecule has 0 radical (unpaired) electrons. The second-order valence-corrected chi connectivity index (χ2v) is 3.96. The monoisotopic (exact) mass is 185 g/mol. The Morgan fingerprint density at radius 1 is 1.38 bits per heavy atom. The number of rotatable bonds is 3. The first-order valence-corrected chi connectivity index (χ1v) is 5.01. The summed E-state index contributed by atoms with van der Waals surface area (Å²) in [5.74, 6) is 0.106. The molecule has 1 unspecified atom stereocenters. The maximum atomic E-state index is 10.9. The lowest BCUT2D eigenvalue weighted by atomic mass is 9.82. The van der Waals surface area contributed by atoms with Crippen LogP contribution < -0.4 is 5.32 Å². The minimum absolute atomic E-state index is 0.0899. The van der Waals surface area contributed by atoms with Crippen molar-refractivity contribution >= 4 is 5.78 Å². The van der Waals surface area contributed by atoms with Crippen molar-refractivity contribution in [2.45, 2.75) is 44.8 Å². The number of ketones is 1. The molecule has 0 bridgehead atoms. The summed E-state index contributed by atoms with van der Waals surface area (Å²) in [6, 6.07) is 0.579. The number of Topliss-reactive ketones (excluding diaryl/α,β-unsaturated/α-hetero) is 1. The number of aliphatic hydroxyl groups excluding tert-OH is 1. The van der Waals surface area contributed by atoms with Gasteiger partial charge in [-0.1, -0.05) is 0 Å². The van der Waals surface area contributed by atoms with Crippen LogP contribution in [0.2, 0.25) is 0 Å². The predicted molar refractivity (Wildman–Crippen MR) is 51.5 cm³/mol. The molecule has 0 amide bonds. The van der Waals surface area contributed by atoms with Gasteiger partial charge < -0.3 is 10.4 Å². The van der Waals surface area contributed by atoms with Crippen molar-refractivity contribution in [1.82, 2.24) is 5.32 Å². The average Bonchev–Trinajstić information content (AvgIpc) is 2.17. The van der Waals surface area contributed by atoms with Gasteiger partial charge in [-0.3, -0.25) is 4.79 Å². The molecule has 13 heavy (non-hydrogen) atoms. The van der Waals surface area contributed by atoms with E-state index >= 15 is 0 Å². The van der Waals surface area contributed by atoms with E-state index in [9.17, 15) is 9.90 Å². The van der Waals surface area contributed by atoms with E-state index < -0.39 is 6.10 Å². The van der Waals surface area contributed by atoms with E-state index in [4.69, 9.17) is 0 Å². The fourth-order valence-corrected chi connectivity index (χ4v) is 2.06. The fraction of sp³-hybridized carbons (Fsp3) is 0.900. The second kappa shape index (κ2) is 4.72. The third-order valence-corrected chi connectivity index (χ3v) is 3.04. The molecule has 2 N–H and O–H groups in total. The minimum atomic E-state index is -0.724. The molecule has 1 rings (SSSR count). The summed E-state index contributed by atoms with van der Waals surface area (Å²) >= 11 is 0. The maximum absolute atomic E-state index is 10.9. The van der Waals surface area contributed by atoms with Crippen LogP contribution >= 0.6 is 0 Å². The van der Waals surface area contributed by atoms with Crippen molar-refractivity contribution in [2.24, 2.45) is 5.92 Å². The first-order chi connectivity index (χ1) is 6.15. The zero-order valence-corrected chi connectivity index (χ0v) is 8.42. The number of hydrogen-bond donors (Lipinski definition) is 2. The third kappa shape index (κ3) is 2.78. The summed E-state index contributed by atoms with van der Waals surface area (Å²) in [6.07, 6.45) is 3.35. The van der Waals surface area contributed by atoms with Crippen LogP contribution in [0, 0.1) is 5.92 Å². The summed E-state index contributed by atoms with van der Waals surface area (Å²) in [6.45, 7) is 1.47. The van der Waals surface area contributed by atoms with Crippen LogP contribution in [0.25, 0.3) is 0 Å². The topological polar surface area (TPSA) is 49.3 Å². The van der Waals surface area contributed by atoms with Crippen LogP contribution in [0.15, 0.2) is 0 Å². The molecule has 0 spiro atoms. The van der Waals surface area contributed by atoms with E-state index in [1.54, 1.807) is 0 Å². The SMILES string of the molecule is CNC1CCC(C(O)C(C)=O)CC1. The van der Waals surface area contributed by atoms with Crippen molar-refractivity contribution < 1.29 is 9.90 Å². The van der Waals surface area contributed by atoms with E-state index in [-0.39, 0.29) is 11.7 Å². The fourth-order valence-electron chi connectivity index (χ4n) is 2.06. The Morgan fingerprint density at radius 2 is 1.92 bits per heavy atom. The van der Waals surface area contributed by atoms with Crippen LogP contribution in [0.5, 0.6) is 0 Å². The molecule has 76 valence electrons. The highest BCUT2D eigenvalue weighted by atomic mass is 16.3. The molecular formula is C10H19NO2. The van der Waals surface area contributed by atoms with Gasteiger partial charge in [0, 0.05) is 6.04 Å². The summed E-state index contributed by atoms with van der Waals surface area (Å²) in [5, 5.41) is 12.8. The lowest BCUT2D eigenvalue weighted by molar-refractivity contribution is -0.128. The largest absolute Gasteiger partial charge is 0.385 e. The Hall–Kier alpha value is -0.410. The van der Waals surface area contributed by atoms with E-state index in [0.29, 0.717) is 6.04 Å². The zero-order valence-electron chi connectivity index (χ0n) is 8.42. The first kappa shape index (κ1) is 10.7. The predicted octanol–water partition coefficient (Wildman–Crippen LogP) is 0.714. The zero-order chi connectivity index (χ0) is 9.84. The summed E-state index contributed by atoms with van der Waals surface area (Å²) in [7, 11) is 1.96. The van der Waals surface area contributed by atoms with Crippen LogP contribution in [-0.4, -0.2) is 30.1 Å². The summed E-state index contributed by atoms with van der Waals surface area (Å²) < 4.78 is 0. The van der Waals surface area contributed by atoms with Gasteiger partial charge in [-0.15, -0.1) is 0 Å². The molecule has 1 aliphatic rings. The van der Waals surface area contributed by atoms with Crippen LogP contribution in [0.1, 0.15) is 32.6 Å². The molecule has 0 aromatic carbocycles. The smallest absolute Gasteiger partial charge is 0.158 e. The number of carbonyl (C=O) groups is 1. The summed E-state index contributed by atoms with van der Waals surface area (Å²) in [5.41, 5.74) is 0. The van der Waals surface area contributed by atoms with E-state index in [1.165, 1.54) is 6.92 Å². The molecule has 3 nitrogen and oxygen atoms in total. The van der Waals surface area contributed by atoms with E-state index in [2.05, 4.69) is 5.32 Å². The molecule has 0 heterocycles. The van der Waals surface area contributed by atoms with Crippen LogP contribution in [0.4, 0.5) is 0 Å². The maximum Gasteiger partial charge on any atom is 0.158 e. The number of aliphatic hydroxyl groups is 1. The molecule has 0 aromatic heterocycles. The second-order valence-electron chi connectivity index (χ2n) is 3.96. The van der Waals surface area contributed by atoms with Gasteiger partial charge in [-0.05, 0) is 45.6 Å².